The molecule has 0 amide bonds. The van der Waals surface area contributed by atoms with E-state index in [-0.39, 0.29) is 0 Å². The Morgan fingerprint density at radius 2 is 1.50 bits per heavy atom. The summed E-state index contributed by atoms with van der Waals surface area (Å²) >= 11 is 0. The summed E-state index contributed by atoms with van der Waals surface area (Å²) in [7, 11) is 0. The molecule has 1 saturated heterocycles. The van der Waals surface area contributed by atoms with Gasteiger partial charge in [0, 0.05) is 37.9 Å². The van der Waals surface area contributed by atoms with Crippen LogP contribution in [0.25, 0.3) is 0 Å². The van der Waals surface area contributed by atoms with E-state index in [4.69, 9.17) is 9.47 Å². The average molecular weight is 415 g/mol. The predicted molar refractivity (Wildman–Crippen MR) is 125 cm³/mol. The monoisotopic (exact) mass is 414 g/mol. The lowest BCUT2D eigenvalue weighted by atomic mass is 9.60. The van der Waals surface area contributed by atoms with Crippen molar-refractivity contribution in [3.63, 3.8) is 0 Å². The van der Waals surface area contributed by atoms with E-state index in [0.717, 1.165) is 37.7 Å². The number of ether oxygens (including phenoxy) is 2. The highest BCUT2D eigenvalue weighted by molar-refractivity contribution is 5.64. The molecule has 0 N–H and O–H groups in total. The van der Waals surface area contributed by atoms with E-state index >= 15 is 0 Å². The normalized spacial score (nSPS) is 24.1. The highest BCUT2D eigenvalue weighted by atomic mass is 16.6. The minimum atomic E-state index is 0.371. The third-order valence-corrected chi connectivity index (χ3v) is 7.23. The fraction of sp³-hybridized carbons (Fsp3) is 0.769. The average Bonchev–Trinajstić information content (AvgIpc) is 2.69. The van der Waals surface area contributed by atoms with Crippen LogP contribution in [0.2, 0.25) is 0 Å². The van der Waals surface area contributed by atoms with E-state index < -0.39 is 0 Å². The fourth-order valence-electron chi connectivity index (χ4n) is 6.35. The maximum atomic E-state index is 6.01. The molecule has 0 aromatic heterocycles. The molecule has 2 aliphatic heterocycles. The van der Waals surface area contributed by atoms with Gasteiger partial charge < -0.3 is 14.4 Å². The van der Waals surface area contributed by atoms with Crippen LogP contribution in [0.4, 0.5) is 5.69 Å². The highest BCUT2D eigenvalue weighted by Crippen LogP contribution is 2.54. The Balaban J connectivity index is 1.63. The molecule has 1 aromatic rings. The number of nitrogens with zero attached hydrogens (tertiary/aromatic N) is 2. The number of rotatable bonds is 5. The summed E-state index contributed by atoms with van der Waals surface area (Å²) in [5, 5.41) is 0. The predicted octanol–water partition coefficient (Wildman–Crippen LogP) is 5.70. The second kappa shape index (κ2) is 8.61. The Labute approximate surface area is 183 Å². The zero-order valence-corrected chi connectivity index (χ0v) is 19.9. The van der Waals surface area contributed by atoms with Crippen molar-refractivity contribution in [2.75, 3.05) is 50.8 Å². The number of hydrogen-bond donors (Lipinski definition) is 0. The summed E-state index contributed by atoms with van der Waals surface area (Å²) in [5.41, 5.74) is 3.63. The van der Waals surface area contributed by atoms with E-state index in [1.807, 2.05) is 0 Å². The van der Waals surface area contributed by atoms with Gasteiger partial charge in [0.2, 0.25) is 0 Å². The fourth-order valence-corrected chi connectivity index (χ4v) is 6.35. The molecule has 3 aliphatic rings. The Hall–Kier alpha value is -1.42. The second-order valence-corrected chi connectivity index (χ2v) is 11.3. The molecule has 1 aliphatic carbocycles. The molecule has 1 aromatic carbocycles. The van der Waals surface area contributed by atoms with Gasteiger partial charge in [0.15, 0.2) is 11.5 Å². The molecular formula is C26H42N2O2. The van der Waals surface area contributed by atoms with Crippen LogP contribution in [0.1, 0.15) is 78.2 Å². The quantitative estimate of drug-likeness (QED) is 0.617. The number of fused-ring (bicyclic) bond motifs is 1. The molecule has 0 spiro atoms. The van der Waals surface area contributed by atoms with E-state index in [2.05, 4.69) is 56.6 Å². The first-order valence-corrected chi connectivity index (χ1v) is 12.2. The van der Waals surface area contributed by atoms with Crippen molar-refractivity contribution in [2.24, 2.45) is 10.8 Å². The van der Waals surface area contributed by atoms with Crippen LogP contribution in [-0.4, -0.2) is 50.8 Å². The van der Waals surface area contributed by atoms with Crippen LogP contribution in [0.5, 0.6) is 11.5 Å². The number of piperazine rings is 1. The van der Waals surface area contributed by atoms with E-state index in [9.17, 15) is 0 Å². The Morgan fingerprint density at radius 1 is 0.900 bits per heavy atom. The summed E-state index contributed by atoms with van der Waals surface area (Å²) in [6.07, 6.45) is 6.38. The molecule has 1 saturated carbocycles. The van der Waals surface area contributed by atoms with Gasteiger partial charge in [0.25, 0.3) is 0 Å². The van der Waals surface area contributed by atoms with Crippen molar-refractivity contribution in [3.8, 4) is 11.5 Å². The summed E-state index contributed by atoms with van der Waals surface area (Å²) in [4.78, 5) is 5.25. The molecule has 0 atom stereocenters. The van der Waals surface area contributed by atoms with Crippen molar-refractivity contribution >= 4 is 5.69 Å². The zero-order chi connectivity index (χ0) is 21.4. The Kier molecular flexibility index (Phi) is 6.25. The number of benzene rings is 1. The van der Waals surface area contributed by atoms with Gasteiger partial charge in [-0.1, -0.05) is 41.0 Å². The number of hydrogen-bond acceptors (Lipinski definition) is 4. The molecular weight excluding hydrogens is 372 g/mol. The van der Waals surface area contributed by atoms with Crippen LogP contribution in [0.3, 0.4) is 0 Å². The van der Waals surface area contributed by atoms with Gasteiger partial charge in [-0.3, -0.25) is 4.90 Å². The van der Waals surface area contributed by atoms with Gasteiger partial charge in [-0.2, -0.15) is 0 Å². The van der Waals surface area contributed by atoms with Crippen molar-refractivity contribution in [3.05, 3.63) is 17.7 Å². The van der Waals surface area contributed by atoms with Crippen LogP contribution in [0.15, 0.2) is 12.1 Å². The maximum absolute atomic E-state index is 6.01. The molecule has 168 valence electrons. The molecule has 0 bridgehead atoms. The third kappa shape index (κ3) is 4.90. The lowest BCUT2D eigenvalue weighted by molar-refractivity contribution is 0.0966. The van der Waals surface area contributed by atoms with Crippen LogP contribution in [-0.2, 0) is 0 Å². The van der Waals surface area contributed by atoms with Gasteiger partial charge in [-0.15, -0.1) is 0 Å². The summed E-state index contributed by atoms with van der Waals surface area (Å²) in [5.74, 6) is 2.46. The molecule has 4 heteroatoms. The molecule has 30 heavy (non-hydrogen) atoms. The van der Waals surface area contributed by atoms with Crippen molar-refractivity contribution in [2.45, 2.75) is 72.6 Å². The van der Waals surface area contributed by atoms with Gasteiger partial charge in [0.05, 0.1) is 0 Å². The largest absolute Gasteiger partial charge is 0.486 e. The lowest BCUT2D eigenvalue weighted by Crippen LogP contribution is -2.47. The second-order valence-electron chi connectivity index (χ2n) is 11.3. The van der Waals surface area contributed by atoms with Crippen LogP contribution in [0, 0.1) is 10.8 Å². The minimum Gasteiger partial charge on any atom is -0.486 e. The van der Waals surface area contributed by atoms with Crippen LogP contribution >= 0.6 is 0 Å². The molecule has 2 heterocycles. The van der Waals surface area contributed by atoms with Gasteiger partial charge >= 0.3 is 0 Å². The van der Waals surface area contributed by atoms with Gasteiger partial charge in [0.1, 0.15) is 13.2 Å². The van der Waals surface area contributed by atoms with Gasteiger partial charge in [-0.25, -0.2) is 0 Å². The minimum absolute atomic E-state index is 0.371. The lowest BCUT2D eigenvalue weighted by Gasteiger charge is -2.46. The Morgan fingerprint density at radius 3 is 2.10 bits per heavy atom. The molecule has 0 radical (unpaired) electrons. The standard InChI is InChI=1S/C26H42N2O2/c1-6-7-8-27-9-11-28(12-10-27)22-16-24-23(29-13-14-30-24)15-21(22)20-17-25(2,3)19-26(4,5)18-20/h15-16,20H,6-14,17-19H2,1-5H3. The topological polar surface area (TPSA) is 24.9 Å². The van der Waals surface area contributed by atoms with E-state index in [1.54, 1.807) is 0 Å². The molecule has 0 unspecified atom stereocenters. The van der Waals surface area contributed by atoms with E-state index in [1.165, 1.54) is 49.9 Å². The van der Waals surface area contributed by atoms with E-state index in [0.29, 0.717) is 30.0 Å². The van der Waals surface area contributed by atoms with Crippen molar-refractivity contribution in [1.82, 2.24) is 4.90 Å². The maximum Gasteiger partial charge on any atom is 0.163 e. The number of anilines is 1. The van der Waals surface area contributed by atoms with Crippen LogP contribution < -0.4 is 14.4 Å². The molecule has 2 fully saturated rings. The first-order chi connectivity index (χ1) is 14.3. The van der Waals surface area contributed by atoms with Crippen molar-refractivity contribution in [1.29, 1.82) is 0 Å². The first-order valence-electron chi connectivity index (χ1n) is 12.2. The SMILES string of the molecule is CCCCN1CCN(c2cc3c(cc2C2CC(C)(C)CC(C)(C)C2)OCCO3)CC1. The zero-order valence-electron chi connectivity index (χ0n) is 19.9. The molecule has 4 nitrogen and oxygen atoms in total. The number of unbranched alkanes of at least 4 members (excludes halogenated alkanes) is 1. The first kappa shape index (κ1) is 21.8. The van der Waals surface area contributed by atoms with Gasteiger partial charge in [-0.05, 0) is 60.6 Å². The summed E-state index contributed by atoms with van der Waals surface area (Å²) < 4.78 is 12.0. The smallest absolute Gasteiger partial charge is 0.163 e. The molecule has 4 rings (SSSR count). The Bertz CT molecular complexity index is 719. The third-order valence-electron chi connectivity index (χ3n) is 7.23. The van der Waals surface area contributed by atoms with Crippen molar-refractivity contribution < 1.29 is 9.47 Å². The highest BCUT2D eigenvalue weighted by Gasteiger charge is 2.40. The summed E-state index contributed by atoms with van der Waals surface area (Å²) in [6, 6.07) is 4.62. The summed E-state index contributed by atoms with van der Waals surface area (Å²) in [6.45, 7) is 19.2.